The van der Waals surface area contributed by atoms with Gasteiger partial charge < -0.3 is 0 Å². The highest BCUT2D eigenvalue weighted by Gasteiger charge is 2.15. The Hall–Kier alpha value is -0.370. The van der Waals surface area contributed by atoms with Crippen LogP contribution in [-0.2, 0) is 6.42 Å². The summed E-state index contributed by atoms with van der Waals surface area (Å²) in [5.74, 6) is 0. The lowest BCUT2D eigenvalue weighted by Gasteiger charge is -2.16. The van der Waals surface area contributed by atoms with E-state index in [1.807, 2.05) is 0 Å². The molecule has 68 valence electrons. The van der Waals surface area contributed by atoms with Gasteiger partial charge in [0.2, 0.25) is 0 Å². The second-order valence-corrected chi connectivity index (χ2v) is 5.88. The molecule has 1 aromatic rings. The van der Waals surface area contributed by atoms with Gasteiger partial charge in [0.1, 0.15) is 0 Å². The lowest BCUT2D eigenvalue weighted by molar-refractivity contribution is 0.406. The van der Waals surface area contributed by atoms with E-state index in [0.717, 1.165) is 6.42 Å². The molecule has 0 saturated carbocycles. The molecule has 0 bridgehead atoms. The lowest BCUT2D eigenvalue weighted by atomic mass is 9.90. The van der Waals surface area contributed by atoms with Gasteiger partial charge in [-0.25, -0.2) is 4.98 Å². The van der Waals surface area contributed by atoms with Gasteiger partial charge in [0, 0.05) is 4.88 Å². The molecule has 0 aliphatic rings. The third-order valence-electron chi connectivity index (χ3n) is 1.70. The largest absolute Gasteiger partial charge is 0.246 e. The molecule has 0 aliphatic carbocycles. The van der Waals surface area contributed by atoms with Crippen LogP contribution in [0, 0.1) is 19.3 Å². The predicted octanol–water partition coefficient (Wildman–Crippen LogP) is 3.35. The molecule has 0 unspecified atom stereocenters. The van der Waals surface area contributed by atoms with Gasteiger partial charge in [0.05, 0.1) is 10.7 Å². The molecule has 0 fully saturated rings. The van der Waals surface area contributed by atoms with Crippen LogP contribution in [0.1, 0.15) is 36.3 Å². The molecule has 0 aliphatic heterocycles. The first kappa shape index (κ1) is 9.72. The fraction of sp³-hybridized carbons (Fsp3) is 0.700. The van der Waals surface area contributed by atoms with E-state index in [-0.39, 0.29) is 0 Å². The molecular formula is C10H17NS. The fourth-order valence-electron chi connectivity index (χ4n) is 1.24. The van der Waals surface area contributed by atoms with E-state index in [0.29, 0.717) is 5.41 Å². The van der Waals surface area contributed by atoms with E-state index in [1.54, 1.807) is 11.3 Å². The molecule has 1 heterocycles. The van der Waals surface area contributed by atoms with E-state index in [9.17, 15) is 0 Å². The number of hydrogen-bond acceptors (Lipinski definition) is 2. The summed E-state index contributed by atoms with van der Waals surface area (Å²) in [7, 11) is 0. The summed E-state index contributed by atoms with van der Waals surface area (Å²) in [4.78, 5) is 5.89. The van der Waals surface area contributed by atoms with Crippen LogP contribution in [0.2, 0.25) is 0 Å². The van der Waals surface area contributed by atoms with Crippen molar-refractivity contribution in [3.63, 3.8) is 0 Å². The Kier molecular flexibility index (Phi) is 2.57. The van der Waals surface area contributed by atoms with Crippen LogP contribution in [0.15, 0.2) is 0 Å². The first-order valence-electron chi connectivity index (χ1n) is 4.31. The highest BCUT2D eigenvalue weighted by Crippen LogP contribution is 2.25. The number of aryl methyl sites for hydroxylation is 2. The monoisotopic (exact) mass is 183 g/mol. The van der Waals surface area contributed by atoms with E-state index in [2.05, 4.69) is 39.6 Å². The van der Waals surface area contributed by atoms with Gasteiger partial charge in [-0.2, -0.15) is 0 Å². The van der Waals surface area contributed by atoms with Crippen LogP contribution in [0.3, 0.4) is 0 Å². The third-order valence-corrected chi connectivity index (χ3v) is 2.63. The van der Waals surface area contributed by atoms with E-state index in [1.165, 1.54) is 15.6 Å². The van der Waals surface area contributed by atoms with E-state index < -0.39 is 0 Å². The van der Waals surface area contributed by atoms with Gasteiger partial charge >= 0.3 is 0 Å². The van der Waals surface area contributed by atoms with Gasteiger partial charge in [0.25, 0.3) is 0 Å². The average Bonchev–Trinajstić information content (AvgIpc) is 2.06. The van der Waals surface area contributed by atoms with Crippen LogP contribution in [0.5, 0.6) is 0 Å². The zero-order valence-electron chi connectivity index (χ0n) is 8.56. The number of aromatic nitrogens is 1. The molecule has 0 radical (unpaired) electrons. The molecule has 12 heavy (non-hydrogen) atoms. The van der Waals surface area contributed by atoms with Gasteiger partial charge in [-0.3, -0.25) is 0 Å². The molecule has 0 spiro atoms. The minimum Gasteiger partial charge on any atom is -0.246 e. The summed E-state index contributed by atoms with van der Waals surface area (Å²) in [6.07, 6.45) is 1.09. The number of hydrogen-bond donors (Lipinski definition) is 0. The minimum atomic E-state index is 0.352. The van der Waals surface area contributed by atoms with Gasteiger partial charge in [-0.05, 0) is 25.7 Å². The minimum absolute atomic E-state index is 0.352. The summed E-state index contributed by atoms with van der Waals surface area (Å²) in [6.45, 7) is 11.0. The van der Waals surface area contributed by atoms with Crippen molar-refractivity contribution in [2.75, 3.05) is 0 Å². The van der Waals surface area contributed by atoms with Crippen molar-refractivity contribution < 1.29 is 0 Å². The summed E-state index contributed by atoms with van der Waals surface area (Å²) in [5, 5.41) is 1.19. The molecule has 1 nitrogen and oxygen atoms in total. The van der Waals surface area contributed by atoms with Gasteiger partial charge in [-0.1, -0.05) is 20.8 Å². The Balaban J connectivity index is 2.82. The zero-order valence-corrected chi connectivity index (χ0v) is 9.38. The Morgan fingerprint density at radius 2 is 1.83 bits per heavy atom. The molecule has 0 N–H and O–H groups in total. The first-order chi connectivity index (χ1) is 5.38. The van der Waals surface area contributed by atoms with Crippen molar-refractivity contribution >= 4 is 11.3 Å². The normalized spacial score (nSPS) is 12.1. The van der Waals surface area contributed by atoms with E-state index >= 15 is 0 Å². The molecular weight excluding hydrogens is 166 g/mol. The molecule has 1 aromatic heterocycles. The second-order valence-electron chi connectivity index (χ2n) is 4.47. The quantitative estimate of drug-likeness (QED) is 0.650. The van der Waals surface area contributed by atoms with Crippen LogP contribution >= 0.6 is 11.3 Å². The maximum Gasteiger partial charge on any atom is 0.0900 e. The number of nitrogens with zero attached hydrogens (tertiary/aromatic N) is 1. The molecule has 2 heteroatoms. The third kappa shape index (κ3) is 2.59. The molecule has 0 atom stereocenters. The Labute approximate surface area is 78.8 Å². The second kappa shape index (κ2) is 3.17. The topological polar surface area (TPSA) is 12.9 Å². The fourth-order valence-corrected chi connectivity index (χ4v) is 2.07. The van der Waals surface area contributed by atoms with Crippen molar-refractivity contribution in [2.24, 2.45) is 5.41 Å². The first-order valence-corrected chi connectivity index (χ1v) is 5.13. The number of rotatable bonds is 1. The average molecular weight is 183 g/mol. The van der Waals surface area contributed by atoms with Crippen LogP contribution in [0.4, 0.5) is 0 Å². The number of thiazole rings is 1. The Morgan fingerprint density at radius 3 is 2.17 bits per heavy atom. The van der Waals surface area contributed by atoms with E-state index in [4.69, 9.17) is 0 Å². The van der Waals surface area contributed by atoms with Crippen LogP contribution in [-0.4, -0.2) is 4.98 Å². The van der Waals surface area contributed by atoms with Crippen molar-refractivity contribution in [1.29, 1.82) is 0 Å². The highest BCUT2D eigenvalue weighted by molar-refractivity contribution is 7.11. The van der Waals surface area contributed by atoms with Crippen LogP contribution in [0.25, 0.3) is 0 Å². The summed E-state index contributed by atoms with van der Waals surface area (Å²) >= 11 is 1.80. The van der Waals surface area contributed by atoms with Crippen molar-refractivity contribution in [3.05, 3.63) is 15.6 Å². The highest BCUT2D eigenvalue weighted by atomic mass is 32.1. The standard InChI is InChI=1S/C10H17NS/c1-7-9(6-10(3,4)5)11-8(2)12-7/h6H2,1-5H3. The lowest BCUT2D eigenvalue weighted by Crippen LogP contribution is -2.10. The van der Waals surface area contributed by atoms with Crippen molar-refractivity contribution in [1.82, 2.24) is 4.98 Å². The predicted molar refractivity (Wildman–Crippen MR) is 54.7 cm³/mol. The molecule has 0 saturated heterocycles. The maximum atomic E-state index is 4.51. The molecule has 0 aromatic carbocycles. The van der Waals surface area contributed by atoms with Crippen molar-refractivity contribution in [2.45, 2.75) is 41.0 Å². The summed E-state index contributed by atoms with van der Waals surface area (Å²) in [5.41, 5.74) is 1.63. The molecule has 0 amide bonds. The molecule has 1 rings (SSSR count). The maximum absolute atomic E-state index is 4.51. The zero-order chi connectivity index (χ0) is 9.35. The Bertz CT molecular complexity index is 268. The smallest absolute Gasteiger partial charge is 0.0900 e. The Morgan fingerprint density at radius 1 is 1.25 bits per heavy atom. The van der Waals surface area contributed by atoms with Gasteiger partial charge in [-0.15, -0.1) is 11.3 Å². The summed E-state index contributed by atoms with van der Waals surface area (Å²) in [6, 6.07) is 0. The van der Waals surface area contributed by atoms with Gasteiger partial charge in [0.15, 0.2) is 0 Å². The van der Waals surface area contributed by atoms with Crippen LogP contribution < -0.4 is 0 Å². The SMILES string of the molecule is Cc1nc(CC(C)(C)C)c(C)s1. The van der Waals surface area contributed by atoms with Crippen molar-refractivity contribution in [3.8, 4) is 0 Å². The summed E-state index contributed by atoms with van der Waals surface area (Å²) < 4.78 is 0.